The van der Waals surface area contributed by atoms with E-state index in [0.29, 0.717) is 11.0 Å². The fraction of sp³-hybridized carbons (Fsp3) is 0.867. The highest BCUT2D eigenvalue weighted by molar-refractivity contribution is 8.02. The monoisotopic (exact) mass is 329 g/mol. The third kappa shape index (κ3) is 3.90. The van der Waals surface area contributed by atoms with E-state index >= 15 is 0 Å². The van der Waals surface area contributed by atoms with Gasteiger partial charge in [-0.3, -0.25) is 9.69 Å². The van der Waals surface area contributed by atoms with E-state index in [1.807, 2.05) is 6.92 Å². The van der Waals surface area contributed by atoms with Crippen LogP contribution < -0.4 is 11.1 Å². The predicted octanol–water partition coefficient (Wildman–Crippen LogP) is 1.92. The molecule has 120 valence electrons. The molecule has 2 aliphatic rings. The van der Waals surface area contributed by atoms with Crippen molar-refractivity contribution >= 4 is 34.9 Å². The Kier molecular flexibility index (Phi) is 5.91. The van der Waals surface area contributed by atoms with Gasteiger partial charge in [0.25, 0.3) is 0 Å². The van der Waals surface area contributed by atoms with Crippen molar-refractivity contribution in [1.82, 2.24) is 10.2 Å². The average Bonchev–Trinajstić information content (AvgIpc) is 2.99. The number of thiocarbonyl (C=S) groups is 1. The second-order valence-corrected chi connectivity index (χ2v) is 7.89. The lowest BCUT2D eigenvalue weighted by Gasteiger charge is -2.42. The normalized spacial score (nSPS) is 24.7. The molecular weight excluding hydrogens is 302 g/mol. The van der Waals surface area contributed by atoms with Crippen molar-refractivity contribution in [1.29, 1.82) is 0 Å². The van der Waals surface area contributed by atoms with Crippen LogP contribution >= 0.6 is 24.0 Å². The Balaban J connectivity index is 1.85. The zero-order valence-electron chi connectivity index (χ0n) is 13.1. The second kappa shape index (κ2) is 7.29. The summed E-state index contributed by atoms with van der Waals surface area (Å²) in [6, 6.07) is 0.337. The molecule has 2 fully saturated rings. The molecule has 0 spiro atoms. The van der Waals surface area contributed by atoms with E-state index in [4.69, 9.17) is 18.0 Å². The van der Waals surface area contributed by atoms with Gasteiger partial charge in [0, 0.05) is 19.1 Å². The van der Waals surface area contributed by atoms with Gasteiger partial charge >= 0.3 is 0 Å². The molecular formula is C15H27N3OS2. The highest BCUT2D eigenvalue weighted by Gasteiger charge is 2.38. The molecule has 0 bridgehead atoms. The number of carbonyl (C=O) groups is 1. The molecule has 6 heteroatoms. The number of hydrogen-bond donors (Lipinski definition) is 2. The molecule has 1 unspecified atom stereocenters. The molecule has 0 radical (unpaired) electrons. The number of hydrogen-bond acceptors (Lipinski definition) is 4. The zero-order chi connectivity index (χ0) is 15.5. The molecule has 1 heterocycles. The van der Waals surface area contributed by atoms with Gasteiger partial charge in [-0.1, -0.05) is 25.1 Å². The van der Waals surface area contributed by atoms with Gasteiger partial charge in [-0.15, -0.1) is 0 Å². The van der Waals surface area contributed by atoms with Crippen molar-refractivity contribution in [2.24, 2.45) is 5.73 Å². The number of nitrogens with zero attached hydrogens (tertiary/aromatic N) is 1. The number of carbonyl (C=O) groups excluding carboxylic acids is 1. The van der Waals surface area contributed by atoms with E-state index in [1.165, 1.54) is 12.8 Å². The number of likely N-dealkylation sites (tertiary alicyclic amines) is 1. The Morgan fingerprint density at radius 2 is 1.95 bits per heavy atom. The summed E-state index contributed by atoms with van der Waals surface area (Å²) in [4.78, 5) is 15.2. The maximum Gasteiger partial charge on any atom is 0.237 e. The van der Waals surface area contributed by atoms with Gasteiger partial charge in [-0.25, -0.2) is 0 Å². The molecule has 3 N–H and O–H groups in total. The Bertz CT molecular complexity index is 388. The smallest absolute Gasteiger partial charge is 0.237 e. The van der Waals surface area contributed by atoms with Crippen molar-refractivity contribution in [3.63, 3.8) is 0 Å². The quantitative estimate of drug-likeness (QED) is 0.755. The number of nitrogens with one attached hydrogen (secondary N) is 1. The van der Waals surface area contributed by atoms with Crippen molar-refractivity contribution < 1.29 is 4.79 Å². The summed E-state index contributed by atoms with van der Waals surface area (Å²) in [6.07, 6.45) is 8.70. The van der Waals surface area contributed by atoms with Crippen molar-refractivity contribution in [2.45, 2.75) is 62.3 Å². The molecule has 1 aliphatic carbocycles. The van der Waals surface area contributed by atoms with Crippen LogP contribution in [0.1, 0.15) is 45.4 Å². The minimum Gasteiger partial charge on any atom is -0.392 e. The van der Waals surface area contributed by atoms with Crippen LogP contribution in [0.25, 0.3) is 0 Å². The number of amides is 1. The summed E-state index contributed by atoms with van der Waals surface area (Å²) in [5, 5.41) is 3.20. The first-order chi connectivity index (χ1) is 9.98. The fourth-order valence-corrected chi connectivity index (χ4v) is 4.63. The van der Waals surface area contributed by atoms with E-state index in [1.54, 1.807) is 11.8 Å². The lowest BCUT2D eigenvalue weighted by molar-refractivity contribution is -0.127. The van der Waals surface area contributed by atoms with Crippen molar-refractivity contribution in [2.75, 3.05) is 19.3 Å². The summed E-state index contributed by atoms with van der Waals surface area (Å²) >= 11 is 6.99. The van der Waals surface area contributed by atoms with E-state index in [2.05, 4.69) is 16.5 Å². The van der Waals surface area contributed by atoms with Crippen LogP contribution in [0.15, 0.2) is 0 Å². The van der Waals surface area contributed by atoms with Gasteiger partial charge in [-0.2, -0.15) is 11.8 Å². The average molecular weight is 330 g/mol. The number of rotatable bonds is 5. The van der Waals surface area contributed by atoms with E-state index in [0.717, 1.165) is 38.8 Å². The molecule has 4 nitrogen and oxygen atoms in total. The Labute approximate surface area is 137 Å². The third-order valence-electron chi connectivity index (χ3n) is 5.07. The summed E-state index contributed by atoms with van der Waals surface area (Å²) in [7, 11) is 0. The van der Waals surface area contributed by atoms with Crippen LogP contribution in [0, 0.1) is 0 Å². The van der Waals surface area contributed by atoms with Gasteiger partial charge in [-0.05, 0) is 38.9 Å². The Morgan fingerprint density at radius 1 is 1.38 bits per heavy atom. The summed E-state index contributed by atoms with van der Waals surface area (Å²) in [5.41, 5.74) is 5.92. The Hall–Kier alpha value is -0.330. The van der Waals surface area contributed by atoms with Crippen LogP contribution in [0.2, 0.25) is 0 Å². The van der Waals surface area contributed by atoms with E-state index in [9.17, 15) is 4.79 Å². The first-order valence-corrected chi connectivity index (χ1v) is 9.51. The fourth-order valence-electron chi connectivity index (χ4n) is 3.38. The zero-order valence-corrected chi connectivity index (χ0v) is 14.7. The molecule has 2 rings (SSSR count). The van der Waals surface area contributed by atoms with Gasteiger partial charge in [0.15, 0.2) is 0 Å². The minimum absolute atomic E-state index is 0.0585. The second-order valence-electron chi connectivity index (χ2n) is 6.26. The van der Waals surface area contributed by atoms with Crippen molar-refractivity contribution in [3.8, 4) is 0 Å². The maximum absolute atomic E-state index is 12.4. The van der Waals surface area contributed by atoms with Gasteiger partial charge < -0.3 is 11.1 Å². The highest BCUT2D eigenvalue weighted by Crippen LogP contribution is 2.35. The van der Waals surface area contributed by atoms with Gasteiger partial charge in [0.1, 0.15) is 0 Å². The molecule has 1 saturated carbocycles. The van der Waals surface area contributed by atoms with E-state index < -0.39 is 0 Å². The van der Waals surface area contributed by atoms with Crippen LogP contribution in [-0.2, 0) is 4.79 Å². The van der Waals surface area contributed by atoms with E-state index in [-0.39, 0.29) is 16.7 Å². The standard InChI is InChI=1S/C15H27N3OS2/c1-11(13(19)17-12-5-3-4-6-12)18-9-7-15(21-2,8-10-18)14(16)20/h11-12H,3-10H2,1-2H3,(H2,16,20)(H,17,19). The topological polar surface area (TPSA) is 58.4 Å². The summed E-state index contributed by atoms with van der Waals surface area (Å²) in [5.74, 6) is 0.175. The first-order valence-electron chi connectivity index (χ1n) is 7.88. The lowest BCUT2D eigenvalue weighted by Crippen LogP contribution is -2.55. The number of piperidine rings is 1. The molecule has 0 aromatic rings. The molecule has 0 aromatic heterocycles. The van der Waals surface area contributed by atoms with Crippen LogP contribution in [-0.4, -0.2) is 52.0 Å². The van der Waals surface area contributed by atoms with Gasteiger partial charge in [0.05, 0.1) is 15.8 Å². The summed E-state index contributed by atoms with van der Waals surface area (Å²) < 4.78 is -0.0759. The van der Waals surface area contributed by atoms with Crippen LogP contribution in [0.4, 0.5) is 0 Å². The molecule has 1 saturated heterocycles. The molecule has 1 aliphatic heterocycles. The molecule has 21 heavy (non-hydrogen) atoms. The van der Waals surface area contributed by atoms with Crippen LogP contribution in [0.3, 0.4) is 0 Å². The maximum atomic E-state index is 12.4. The predicted molar refractivity (Wildman–Crippen MR) is 93.7 cm³/mol. The third-order valence-corrected chi connectivity index (χ3v) is 7.00. The molecule has 1 amide bonds. The molecule has 0 aromatic carbocycles. The summed E-state index contributed by atoms with van der Waals surface area (Å²) in [6.45, 7) is 3.78. The van der Waals surface area contributed by atoms with Crippen LogP contribution in [0.5, 0.6) is 0 Å². The lowest BCUT2D eigenvalue weighted by atomic mass is 9.94. The minimum atomic E-state index is -0.0759. The Morgan fingerprint density at radius 3 is 2.43 bits per heavy atom. The number of nitrogens with two attached hydrogens (primary N) is 1. The largest absolute Gasteiger partial charge is 0.392 e. The number of thioether (sulfide) groups is 1. The highest BCUT2D eigenvalue weighted by atomic mass is 32.2. The van der Waals surface area contributed by atoms with Crippen molar-refractivity contribution in [3.05, 3.63) is 0 Å². The SMILES string of the molecule is CSC1(C(N)=S)CCN(C(C)C(=O)NC2CCCC2)CC1. The molecule has 1 atom stereocenters. The first kappa shape index (κ1) is 17.0. The van der Waals surface area contributed by atoms with Gasteiger partial charge in [0.2, 0.25) is 5.91 Å².